The van der Waals surface area contributed by atoms with Crippen LogP contribution < -0.4 is 14.4 Å². The molecular formula is C28H33BrN4O4. The molecule has 1 N–H and O–H groups in total. The Labute approximate surface area is 225 Å². The average Bonchev–Trinajstić information content (AvgIpc) is 3.70. The smallest absolute Gasteiger partial charge is 0.407 e. The van der Waals surface area contributed by atoms with Gasteiger partial charge in [0.05, 0.1) is 9.86 Å². The second-order valence-electron chi connectivity index (χ2n) is 10.7. The SMILES string of the molecule is C[C@H](Oc1c(Br)c(C2CC2)cc2c(OC(C)(C)C)nc(N3CCN(C(=O)O)CC3)nc12)c1ccccc1. The van der Waals surface area contributed by atoms with Gasteiger partial charge in [0.2, 0.25) is 11.8 Å². The van der Waals surface area contributed by atoms with Gasteiger partial charge < -0.3 is 24.4 Å². The highest BCUT2D eigenvalue weighted by atomic mass is 79.9. The van der Waals surface area contributed by atoms with E-state index >= 15 is 0 Å². The van der Waals surface area contributed by atoms with Crippen molar-refractivity contribution < 1.29 is 19.4 Å². The lowest BCUT2D eigenvalue weighted by molar-refractivity contribution is 0.126. The number of carbonyl (C=O) groups is 1. The molecule has 0 unspecified atom stereocenters. The van der Waals surface area contributed by atoms with Crippen LogP contribution in [0.1, 0.15) is 63.7 Å². The van der Waals surface area contributed by atoms with Crippen molar-refractivity contribution in [2.24, 2.45) is 0 Å². The van der Waals surface area contributed by atoms with Crippen LogP contribution in [0.15, 0.2) is 40.9 Å². The van der Waals surface area contributed by atoms with Crippen LogP contribution in [0.2, 0.25) is 0 Å². The first-order valence-electron chi connectivity index (χ1n) is 12.8. The molecule has 3 aromatic rings. The molecule has 0 radical (unpaired) electrons. The number of hydrogen-bond donors (Lipinski definition) is 1. The summed E-state index contributed by atoms with van der Waals surface area (Å²) in [7, 11) is 0. The standard InChI is InChI=1S/C28H33BrN4O4/c1-17(18-8-6-5-7-9-18)36-24-22(29)20(19-10-11-19)16-21-23(24)30-26(31-25(21)37-28(2,3)4)32-12-14-33(15-13-32)27(34)35/h5-9,16-17,19H,10-15H2,1-4H3,(H,34,35)/t17-/m0/s1. The van der Waals surface area contributed by atoms with E-state index in [1.54, 1.807) is 0 Å². The van der Waals surface area contributed by atoms with Gasteiger partial charge in [0.15, 0.2) is 5.75 Å². The van der Waals surface area contributed by atoms with Crippen LogP contribution in [0.3, 0.4) is 0 Å². The molecule has 0 bridgehead atoms. The number of hydrogen-bond acceptors (Lipinski definition) is 6. The van der Waals surface area contributed by atoms with Crippen LogP contribution in [0, 0.1) is 0 Å². The summed E-state index contributed by atoms with van der Waals surface area (Å²) in [5.41, 5.74) is 2.48. The van der Waals surface area contributed by atoms with Gasteiger partial charge in [-0.2, -0.15) is 4.98 Å². The molecule has 1 aliphatic heterocycles. The maximum atomic E-state index is 11.4. The van der Waals surface area contributed by atoms with Gasteiger partial charge in [-0.25, -0.2) is 9.78 Å². The third-order valence-corrected chi connectivity index (χ3v) is 7.50. The number of ether oxygens (including phenoxy) is 2. The number of fused-ring (bicyclic) bond motifs is 1. The number of anilines is 1. The number of nitrogens with zero attached hydrogens (tertiary/aromatic N) is 4. The molecule has 9 heteroatoms. The van der Waals surface area contributed by atoms with E-state index in [1.807, 2.05) is 50.8 Å². The molecule has 1 atom stereocenters. The lowest BCUT2D eigenvalue weighted by Crippen LogP contribution is -2.48. The molecule has 196 valence electrons. The molecule has 2 aliphatic rings. The predicted octanol–water partition coefficient (Wildman–Crippen LogP) is 6.39. The summed E-state index contributed by atoms with van der Waals surface area (Å²) in [6.45, 7) is 9.84. The zero-order chi connectivity index (χ0) is 26.3. The fraction of sp³-hybridized carbons (Fsp3) is 0.464. The van der Waals surface area contributed by atoms with Gasteiger partial charge in [0.1, 0.15) is 17.2 Å². The van der Waals surface area contributed by atoms with Gasteiger partial charge in [-0.15, -0.1) is 0 Å². The third-order valence-electron chi connectivity index (χ3n) is 6.68. The van der Waals surface area contributed by atoms with Gasteiger partial charge in [-0.3, -0.25) is 0 Å². The molecule has 0 spiro atoms. The van der Waals surface area contributed by atoms with Gasteiger partial charge in [-0.1, -0.05) is 30.3 Å². The zero-order valence-electron chi connectivity index (χ0n) is 21.7. The fourth-order valence-corrected chi connectivity index (χ4v) is 5.29. The summed E-state index contributed by atoms with van der Waals surface area (Å²) < 4.78 is 14.0. The number of piperazine rings is 1. The number of carboxylic acid groups (broad SMARTS) is 1. The molecule has 5 rings (SSSR count). The van der Waals surface area contributed by atoms with Crippen LogP contribution in [0.25, 0.3) is 10.9 Å². The van der Waals surface area contributed by atoms with E-state index in [-0.39, 0.29) is 6.10 Å². The van der Waals surface area contributed by atoms with Crippen LogP contribution in [-0.2, 0) is 0 Å². The van der Waals surface area contributed by atoms with Crippen LogP contribution in [0.4, 0.5) is 10.7 Å². The topological polar surface area (TPSA) is 88.0 Å². The monoisotopic (exact) mass is 568 g/mol. The number of rotatable bonds is 6. The molecule has 2 heterocycles. The van der Waals surface area contributed by atoms with Crippen molar-refractivity contribution in [2.45, 2.75) is 58.2 Å². The molecule has 1 saturated heterocycles. The van der Waals surface area contributed by atoms with Crippen LogP contribution in [-0.4, -0.2) is 57.8 Å². The quantitative estimate of drug-likeness (QED) is 0.368. The summed E-state index contributed by atoms with van der Waals surface area (Å²) in [5, 5.41) is 10.2. The molecular weight excluding hydrogens is 536 g/mol. The highest BCUT2D eigenvalue weighted by Gasteiger charge is 2.32. The second kappa shape index (κ2) is 10.0. The van der Waals surface area contributed by atoms with E-state index in [1.165, 1.54) is 10.5 Å². The predicted molar refractivity (Wildman–Crippen MR) is 147 cm³/mol. The average molecular weight is 570 g/mol. The van der Waals surface area contributed by atoms with Crippen molar-refractivity contribution in [1.29, 1.82) is 0 Å². The Morgan fingerprint density at radius 3 is 2.38 bits per heavy atom. The molecule has 2 fully saturated rings. The van der Waals surface area contributed by atoms with E-state index < -0.39 is 11.7 Å². The Kier molecular flexibility index (Phi) is 6.91. The summed E-state index contributed by atoms with van der Waals surface area (Å²) >= 11 is 3.86. The number of halogens is 1. The zero-order valence-corrected chi connectivity index (χ0v) is 23.3. The van der Waals surface area contributed by atoms with Crippen LogP contribution >= 0.6 is 15.9 Å². The largest absolute Gasteiger partial charge is 0.483 e. The van der Waals surface area contributed by atoms with Crippen molar-refractivity contribution in [2.75, 3.05) is 31.1 Å². The van der Waals surface area contributed by atoms with E-state index in [0.717, 1.165) is 28.3 Å². The second-order valence-corrected chi connectivity index (χ2v) is 11.5. The van der Waals surface area contributed by atoms with Gasteiger partial charge in [-0.05, 0) is 79.6 Å². The van der Waals surface area contributed by atoms with Gasteiger partial charge in [0, 0.05) is 26.2 Å². The Morgan fingerprint density at radius 2 is 1.78 bits per heavy atom. The van der Waals surface area contributed by atoms with Gasteiger partial charge >= 0.3 is 6.09 Å². The first-order valence-corrected chi connectivity index (χ1v) is 13.6. The maximum Gasteiger partial charge on any atom is 0.407 e. The Balaban J connectivity index is 1.64. The first kappa shape index (κ1) is 25.6. The highest BCUT2D eigenvalue weighted by Crippen LogP contribution is 2.50. The van der Waals surface area contributed by atoms with E-state index in [4.69, 9.17) is 19.4 Å². The Hall–Kier alpha value is -3.07. The fourth-order valence-electron chi connectivity index (χ4n) is 4.57. The summed E-state index contributed by atoms with van der Waals surface area (Å²) in [5.74, 6) is 2.18. The van der Waals surface area contributed by atoms with Crippen molar-refractivity contribution in [3.05, 3.63) is 52.0 Å². The summed E-state index contributed by atoms with van der Waals surface area (Å²) in [6.07, 6.45) is 1.18. The molecule has 37 heavy (non-hydrogen) atoms. The number of amides is 1. The Morgan fingerprint density at radius 1 is 1.11 bits per heavy atom. The summed E-state index contributed by atoms with van der Waals surface area (Å²) in [4.78, 5) is 24.7. The minimum atomic E-state index is -0.905. The minimum Gasteiger partial charge on any atom is -0.483 e. The Bertz CT molecular complexity index is 1300. The van der Waals surface area contributed by atoms with Crippen molar-refractivity contribution >= 4 is 38.9 Å². The molecule has 1 aliphatic carbocycles. The first-order chi connectivity index (χ1) is 17.6. The van der Waals surface area contributed by atoms with Crippen molar-refractivity contribution in [1.82, 2.24) is 14.9 Å². The lowest BCUT2D eigenvalue weighted by Gasteiger charge is -2.33. The third kappa shape index (κ3) is 5.61. The van der Waals surface area contributed by atoms with E-state index in [2.05, 4.69) is 34.1 Å². The molecule has 1 amide bonds. The molecule has 1 aromatic heterocycles. The minimum absolute atomic E-state index is 0.195. The number of benzene rings is 2. The highest BCUT2D eigenvalue weighted by molar-refractivity contribution is 9.10. The van der Waals surface area contributed by atoms with Gasteiger partial charge in [0.25, 0.3) is 0 Å². The number of aromatic nitrogens is 2. The van der Waals surface area contributed by atoms with Crippen molar-refractivity contribution in [3.63, 3.8) is 0 Å². The molecule has 2 aromatic carbocycles. The lowest BCUT2D eigenvalue weighted by atomic mass is 10.1. The van der Waals surface area contributed by atoms with E-state index in [0.29, 0.717) is 55.2 Å². The normalized spacial score (nSPS) is 17.1. The van der Waals surface area contributed by atoms with Crippen LogP contribution in [0.5, 0.6) is 11.6 Å². The molecule has 8 nitrogen and oxygen atoms in total. The van der Waals surface area contributed by atoms with Crippen molar-refractivity contribution in [3.8, 4) is 11.6 Å². The maximum absolute atomic E-state index is 11.4. The molecule has 1 saturated carbocycles. The van der Waals surface area contributed by atoms with E-state index in [9.17, 15) is 9.90 Å². The summed E-state index contributed by atoms with van der Waals surface area (Å²) in [6, 6.07) is 12.3.